The summed E-state index contributed by atoms with van der Waals surface area (Å²) >= 11 is 0. The largest absolute Gasteiger partial charge is 0.381 e. The first-order chi connectivity index (χ1) is 40.2. The quantitative estimate of drug-likeness (QED) is 0.0664. The molecular weight excluding hydrogens is 1040 g/mol. The van der Waals surface area contributed by atoms with Gasteiger partial charge in [-0.3, -0.25) is 39.0 Å². The second kappa shape index (κ2) is 27.8. The van der Waals surface area contributed by atoms with Crippen LogP contribution < -0.4 is 26.7 Å². The molecule has 5 aliphatic heterocycles. The standard InChI is InChI=1S/C67H92N10O6/c1-8-76(56-18-26-82-27-19-56)62-34-52(32-58(47(62)6)64(78)70-38-60-43(2)30-45(4)72-66(60)80)50-13-15-55(69-37-50)42-75-24-16-49(40-75)17-25-77(57-20-28-83-29-21-57)63-35-53(51-12-14-54(68-36-51)41-74-22-10-9-11-23-74)33-59(48(63)7)65(79)71-39-61-44(3)31-46(5)73-67(61)81/h12-13,15,30-32,34-37,48-49,54,56-57,59,63H,8-11,14,16-29,33,38-42H2,1-7H3,(H,70,78)(H,71,79)(H,72,80)(H,73,81). The van der Waals surface area contributed by atoms with Crippen molar-refractivity contribution < 1.29 is 19.1 Å². The minimum Gasteiger partial charge on any atom is -0.381 e. The Morgan fingerprint density at radius 1 is 0.783 bits per heavy atom. The van der Waals surface area contributed by atoms with E-state index in [1.165, 1.54) is 24.8 Å². The summed E-state index contributed by atoms with van der Waals surface area (Å²) < 4.78 is 11.7. The van der Waals surface area contributed by atoms with Gasteiger partial charge in [-0.2, -0.15) is 0 Å². The molecule has 16 heteroatoms. The van der Waals surface area contributed by atoms with Crippen molar-refractivity contribution in [3.05, 3.63) is 137 Å². The number of allylic oxidation sites excluding steroid dienone is 2. The molecule has 0 spiro atoms. The summed E-state index contributed by atoms with van der Waals surface area (Å²) in [7, 11) is 0. The predicted molar refractivity (Wildman–Crippen MR) is 330 cm³/mol. The fraction of sp³-hybridized carbons (Fsp3) is 0.582. The third-order valence-electron chi connectivity index (χ3n) is 19.2. The van der Waals surface area contributed by atoms with Gasteiger partial charge in [0.05, 0.1) is 11.7 Å². The summed E-state index contributed by atoms with van der Waals surface area (Å²) in [5, 5.41) is 6.33. The molecule has 16 nitrogen and oxygen atoms in total. The van der Waals surface area contributed by atoms with E-state index in [0.717, 1.165) is 167 Å². The zero-order valence-corrected chi connectivity index (χ0v) is 50.6. The summed E-state index contributed by atoms with van der Waals surface area (Å²) in [6, 6.07) is 13.3. The first-order valence-corrected chi connectivity index (χ1v) is 31.3. The Bertz CT molecular complexity index is 3130. The molecule has 0 saturated carbocycles. The fourth-order valence-corrected chi connectivity index (χ4v) is 14.3. The molecule has 4 saturated heterocycles. The molecule has 0 bridgehead atoms. The molecule has 1 aromatic carbocycles. The number of carbonyl (C=O) groups is 2. The minimum absolute atomic E-state index is 0.00217. The van der Waals surface area contributed by atoms with Gasteiger partial charge in [-0.1, -0.05) is 31.6 Å². The van der Waals surface area contributed by atoms with Crippen LogP contribution in [-0.4, -0.2) is 144 Å². The van der Waals surface area contributed by atoms with Crippen LogP contribution in [0.25, 0.3) is 11.1 Å². The Morgan fingerprint density at radius 3 is 2.08 bits per heavy atom. The molecule has 4 aromatic rings. The highest BCUT2D eigenvalue weighted by Gasteiger charge is 2.41. The van der Waals surface area contributed by atoms with Gasteiger partial charge in [0.15, 0.2) is 0 Å². The number of ether oxygens (including phenoxy) is 2. The number of piperidine rings is 1. The highest BCUT2D eigenvalue weighted by molar-refractivity contribution is 5.99. The van der Waals surface area contributed by atoms with Crippen LogP contribution in [0.5, 0.6) is 0 Å². The Balaban J connectivity index is 0.836. The fourth-order valence-electron chi connectivity index (χ4n) is 14.3. The van der Waals surface area contributed by atoms with Gasteiger partial charge in [0, 0.05) is 141 Å². The molecule has 3 aromatic heterocycles. The molecular formula is C67H92N10O6. The maximum atomic E-state index is 14.6. The molecule has 446 valence electrons. The Labute approximate surface area is 492 Å². The van der Waals surface area contributed by atoms with Crippen molar-refractivity contribution in [2.75, 3.05) is 77.1 Å². The minimum atomic E-state index is -0.280. The van der Waals surface area contributed by atoms with Gasteiger partial charge in [-0.25, -0.2) is 0 Å². The van der Waals surface area contributed by atoms with E-state index in [1.807, 2.05) is 59.0 Å². The van der Waals surface area contributed by atoms with E-state index in [2.05, 4.69) is 90.6 Å². The maximum absolute atomic E-state index is 14.6. The van der Waals surface area contributed by atoms with Gasteiger partial charge in [0.2, 0.25) is 5.91 Å². The van der Waals surface area contributed by atoms with Crippen molar-refractivity contribution in [1.29, 1.82) is 0 Å². The summed E-state index contributed by atoms with van der Waals surface area (Å²) in [4.78, 5) is 81.2. The second-order valence-electron chi connectivity index (χ2n) is 24.9. The number of rotatable bonds is 20. The van der Waals surface area contributed by atoms with Crippen molar-refractivity contribution in [2.24, 2.45) is 22.7 Å². The van der Waals surface area contributed by atoms with Crippen LogP contribution in [0.3, 0.4) is 0 Å². The molecule has 2 amide bonds. The number of dihydropyridines is 1. The number of nitrogens with zero attached hydrogens (tertiary/aromatic N) is 6. The molecule has 4 fully saturated rings. The number of aryl methyl sites for hydroxylation is 4. The molecule has 1 aliphatic carbocycles. The lowest BCUT2D eigenvalue weighted by molar-refractivity contribution is -0.128. The number of carbonyl (C=O) groups excluding carboxylic acids is 2. The predicted octanol–water partition coefficient (Wildman–Crippen LogP) is 8.82. The average Bonchev–Trinajstić information content (AvgIpc) is 4.04. The number of amides is 2. The number of hydrogen-bond acceptors (Lipinski definition) is 12. The van der Waals surface area contributed by atoms with E-state index in [0.29, 0.717) is 54.3 Å². The molecule has 5 atom stereocenters. The maximum Gasteiger partial charge on any atom is 0.253 e. The van der Waals surface area contributed by atoms with Crippen molar-refractivity contribution >= 4 is 23.7 Å². The third-order valence-corrected chi connectivity index (χ3v) is 19.2. The van der Waals surface area contributed by atoms with Gasteiger partial charge >= 0.3 is 0 Å². The normalized spacial score (nSPS) is 23.1. The van der Waals surface area contributed by atoms with Crippen LogP contribution in [0, 0.1) is 52.4 Å². The van der Waals surface area contributed by atoms with Gasteiger partial charge in [0.25, 0.3) is 17.0 Å². The van der Waals surface area contributed by atoms with Crippen LogP contribution >= 0.6 is 0 Å². The number of aromatic amines is 2. The monoisotopic (exact) mass is 1130 g/mol. The Kier molecular flexibility index (Phi) is 20.1. The van der Waals surface area contributed by atoms with Crippen LogP contribution in [0.15, 0.2) is 80.5 Å². The average molecular weight is 1130 g/mol. The lowest BCUT2D eigenvalue weighted by atomic mass is 9.74. The second-order valence-corrected chi connectivity index (χ2v) is 24.9. The van der Waals surface area contributed by atoms with Crippen LogP contribution in [0.1, 0.15) is 140 Å². The van der Waals surface area contributed by atoms with E-state index in [9.17, 15) is 19.2 Å². The number of nitrogens with one attached hydrogen (secondary N) is 4. The lowest BCUT2D eigenvalue weighted by Crippen LogP contribution is -2.53. The molecule has 0 radical (unpaired) electrons. The topological polar surface area (TPSA) is 181 Å². The van der Waals surface area contributed by atoms with Crippen molar-refractivity contribution in [2.45, 2.75) is 163 Å². The zero-order valence-electron chi connectivity index (χ0n) is 50.6. The summed E-state index contributed by atoms with van der Waals surface area (Å²) in [5.74, 6) is 0.0519. The van der Waals surface area contributed by atoms with E-state index in [4.69, 9.17) is 19.5 Å². The third kappa shape index (κ3) is 14.7. The van der Waals surface area contributed by atoms with Crippen LogP contribution in [-0.2, 0) is 33.9 Å². The number of pyridine rings is 3. The van der Waals surface area contributed by atoms with Crippen molar-refractivity contribution in [3.63, 3.8) is 0 Å². The number of aliphatic imine (C=N–C) groups is 1. The number of H-pyrrole nitrogens is 2. The molecule has 6 aliphatic rings. The molecule has 4 N–H and O–H groups in total. The van der Waals surface area contributed by atoms with E-state index in [-0.39, 0.29) is 59.9 Å². The first kappa shape index (κ1) is 60.1. The SMILES string of the molecule is CCN(c1cc(-c2ccc(CN3CCC(CCN(C4CCOCC4)C4C=C(C5=CCC(CN6CCCCC6)N=C5)CC(C(=O)NCc5c(C)cc(C)[nH]c5=O)C4C)C3)nc2)cc(C(=O)NCc2c(C)cc(C)[nH]c2=O)c1C)C1CCOCC1. The number of aromatic nitrogens is 3. The highest BCUT2D eigenvalue weighted by atomic mass is 16.5. The zero-order chi connectivity index (χ0) is 58.1. The molecule has 83 heavy (non-hydrogen) atoms. The van der Waals surface area contributed by atoms with Crippen molar-refractivity contribution in [1.82, 2.24) is 40.3 Å². The molecule has 8 heterocycles. The molecule has 5 unspecified atom stereocenters. The lowest BCUT2D eigenvalue weighted by Gasteiger charge is -2.46. The summed E-state index contributed by atoms with van der Waals surface area (Å²) in [5.41, 5.74) is 11.9. The smallest absolute Gasteiger partial charge is 0.253 e. The van der Waals surface area contributed by atoms with E-state index >= 15 is 0 Å². The summed E-state index contributed by atoms with van der Waals surface area (Å²) in [6.45, 7) is 25.1. The first-order valence-electron chi connectivity index (χ1n) is 31.3. The Morgan fingerprint density at radius 2 is 1.46 bits per heavy atom. The van der Waals surface area contributed by atoms with Crippen LogP contribution in [0.2, 0.25) is 0 Å². The Hall–Kier alpha value is -6.04. The highest BCUT2D eigenvalue weighted by Crippen LogP contribution is 2.40. The number of hydrogen-bond donors (Lipinski definition) is 4. The van der Waals surface area contributed by atoms with Gasteiger partial charge in [-0.15, -0.1) is 0 Å². The van der Waals surface area contributed by atoms with Crippen molar-refractivity contribution in [3.8, 4) is 11.1 Å². The number of likely N-dealkylation sites (tertiary alicyclic amines) is 2. The van der Waals surface area contributed by atoms with E-state index < -0.39 is 0 Å². The van der Waals surface area contributed by atoms with Crippen LogP contribution in [0.4, 0.5) is 5.69 Å². The summed E-state index contributed by atoms with van der Waals surface area (Å²) in [6.07, 6.45) is 20.2. The van der Waals surface area contributed by atoms with Gasteiger partial charge in [-0.05, 0) is 207 Å². The molecule has 10 rings (SSSR count). The number of benzene rings is 1. The van der Waals surface area contributed by atoms with E-state index in [1.54, 1.807) is 0 Å². The van der Waals surface area contributed by atoms with Gasteiger partial charge < -0.3 is 39.9 Å². The number of anilines is 1. The van der Waals surface area contributed by atoms with Gasteiger partial charge in [0.1, 0.15) is 0 Å².